The van der Waals surface area contributed by atoms with Crippen LogP contribution in [0.1, 0.15) is 6.42 Å². The van der Waals surface area contributed by atoms with E-state index in [1.165, 1.54) is 6.07 Å². The van der Waals surface area contributed by atoms with Crippen LogP contribution in [0.3, 0.4) is 0 Å². The summed E-state index contributed by atoms with van der Waals surface area (Å²) in [5.74, 6) is 0.699. The van der Waals surface area contributed by atoms with Gasteiger partial charge in [-0.2, -0.15) is 0 Å². The molecule has 5 nitrogen and oxygen atoms in total. The van der Waals surface area contributed by atoms with Crippen molar-refractivity contribution in [3.8, 4) is 11.5 Å². The lowest BCUT2D eigenvalue weighted by molar-refractivity contribution is 0.141. The zero-order chi connectivity index (χ0) is 15.1. The van der Waals surface area contributed by atoms with Gasteiger partial charge in [0.2, 0.25) is 0 Å². The lowest BCUT2D eigenvalue weighted by Gasteiger charge is -2.12. The third-order valence-corrected chi connectivity index (χ3v) is 3.86. The first-order valence-electron chi connectivity index (χ1n) is 7.15. The molecule has 0 saturated carbocycles. The first-order chi connectivity index (χ1) is 10.7. The Hall–Kier alpha value is -2.53. The molecular formula is C17H14O5. The molecular weight excluding hydrogens is 284 g/mol. The fraction of sp³-hybridized carbons (Fsp3) is 0.235. The van der Waals surface area contributed by atoms with Gasteiger partial charge in [-0.1, -0.05) is 0 Å². The lowest BCUT2D eigenvalue weighted by Crippen LogP contribution is -2.15. The predicted molar refractivity (Wildman–Crippen MR) is 81.5 cm³/mol. The average Bonchev–Trinajstić information content (AvgIpc) is 3.00. The van der Waals surface area contributed by atoms with Gasteiger partial charge in [0.15, 0.2) is 0 Å². The molecule has 1 fully saturated rings. The zero-order valence-corrected chi connectivity index (χ0v) is 11.7. The average molecular weight is 298 g/mol. The lowest BCUT2D eigenvalue weighted by atomic mass is 10.1. The van der Waals surface area contributed by atoms with Crippen LogP contribution in [-0.4, -0.2) is 24.4 Å². The highest BCUT2D eigenvalue weighted by molar-refractivity contribution is 6.04. The molecule has 0 amide bonds. The summed E-state index contributed by atoms with van der Waals surface area (Å²) < 4.78 is 16.4. The van der Waals surface area contributed by atoms with Gasteiger partial charge in [-0.3, -0.25) is 0 Å². The van der Waals surface area contributed by atoms with Crippen molar-refractivity contribution in [3.63, 3.8) is 0 Å². The number of phenolic OH excluding ortho intramolecular Hbond substituents is 1. The minimum absolute atomic E-state index is 0.0295. The summed E-state index contributed by atoms with van der Waals surface area (Å²) >= 11 is 0. The van der Waals surface area contributed by atoms with E-state index < -0.39 is 5.63 Å². The molecule has 5 heteroatoms. The minimum atomic E-state index is -0.443. The molecule has 1 aliphatic rings. The molecule has 1 saturated heterocycles. The number of rotatable bonds is 2. The maximum Gasteiger partial charge on any atom is 0.344 e. The normalized spacial score (nSPS) is 18.1. The largest absolute Gasteiger partial charge is 0.508 e. The third kappa shape index (κ3) is 2.19. The maximum absolute atomic E-state index is 12.2. The third-order valence-electron chi connectivity index (χ3n) is 3.86. The summed E-state index contributed by atoms with van der Waals surface area (Å²) in [6.45, 7) is 1.28. The number of ether oxygens (including phenoxy) is 2. The molecule has 3 aromatic rings. The number of hydrogen-bond acceptors (Lipinski definition) is 5. The summed E-state index contributed by atoms with van der Waals surface area (Å²) in [6, 6.07) is 10.1. The SMILES string of the molecule is O=c1oc2cc(O)ccc2c2ccc(O[C@H]3CCOC3)cc12. The first kappa shape index (κ1) is 13.2. The maximum atomic E-state index is 12.2. The van der Waals surface area contributed by atoms with Crippen molar-refractivity contribution in [2.24, 2.45) is 0 Å². The van der Waals surface area contributed by atoms with E-state index in [1.807, 2.05) is 12.1 Å². The van der Waals surface area contributed by atoms with Crippen LogP contribution >= 0.6 is 0 Å². The topological polar surface area (TPSA) is 68.9 Å². The molecule has 0 aliphatic carbocycles. The van der Waals surface area contributed by atoms with Gasteiger partial charge in [0.05, 0.1) is 18.6 Å². The van der Waals surface area contributed by atoms with Gasteiger partial charge in [0, 0.05) is 23.3 Å². The van der Waals surface area contributed by atoms with E-state index in [2.05, 4.69) is 0 Å². The highest BCUT2D eigenvalue weighted by Gasteiger charge is 2.18. The number of fused-ring (bicyclic) bond motifs is 3. The van der Waals surface area contributed by atoms with Gasteiger partial charge < -0.3 is 19.0 Å². The van der Waals surface area contributed by atoms with E-state index in [-0.39, 0.29) is 11.9 Å². The van der Waals surface area contributed by atoms with Crippen LogP contribution in [0.15, 0.2) is 45.6 Å². The minimum Gasteiger partial charge on any atom is -0.508 e. The van der Waals surface area contributed by atoms with Gasteiger partial charge in [0.25, 0.3) is 0 Å². The van der Waals surface area contributed by atoms with E-state index in [0.717, 1.165) is 17.2 Å². The second kappa shape index (κ2) is 5.03. The molecule has 4 rings (SSSR count). The van der Waals surface area contributed by atoms with E-state index in [4.69, 9.17) is 13.9 Å². The van der Waals surface area contributed by atoms with Crippen molar-refractivity contribution in [1.29, 1.82) is 0 Å². The zero-order valence-electron chi connectivity index (χ0n) is 11.7. The monoisotopic (exact) mass is 298 g/mol. The summed E-state index contributed by atoms with van der Waals surface area (Å²) in [5.41, 5.74) is -0.0726. The van der Waals surface area contributed by atoms with Gasteiger partial charge in [0.1, 0.15) is 23.2 Å². The summed E-state index contributed by atoms with van der Waals surface area (Å²) in [7, 11) is 0. The van der Waals surface area contributed by atoms with Crippen molar-refractivity contribution < 1.29 is 19.0 Å². The molecule has 22 heavy (non-hydrogen) atoms. The second-order valence-corrected chi connectivity index (χ2v) is 5.38. The van der Waals surface area contributed by atoms with Crippen LogP contribution in [0.4, 0.5) is 0 Å². The molecule has 2 aromatic carbocycles. The number of phenols is 1. The van der Waals surface area contributed by atoms with E-state index in [9.17, 15) is 9.90 Å². The quantitative estimate of drug-likeness (QED) is 0.582. The van der Waals surface area contributed by atoms with Gasteiger partial charge >= 0.3 is 5.63 Å². The van der Waals surface area contributed by atoms with Gasteiger partial charge in [-0.25, -0.2) is 4.79 Å². The van der Waals surface area contributed by atoms with Crippen LogP contribution in [0.2, 0.25) is 0 Å². The van der Waals surface area contributed by atoms with Crippen molar-refractivity contribution in [2.75, 3.05) is 13.2 Å². The fourth-order valence-corrected chi connectivity index (χ4v) is 2.77. The smallest absolute Gasteiger partial charge is 0.344 e. The molecule has 1 aromatic heterocycles. The van der Waals surface area contributed by atoms with Crippen molar-refractivity contribution in [2.45, 2.75) is 12.5 Å². The Kier molecular flexibility index (Phi) is 3.01. The van der Waals surface area contributed by atoms with E-state index in [1.54, 1.807) is 18.2 Å². The highest BCUT2D eigenvalue weighted by Crippen LogP contribution is 2.28. The predicted octanol–water partition coefficient (Wildman–Crippen LogP) is 2.82. The molecule has 0 spiro atoms. The standard InChI is InChI=1S/C17H14O5/c18-10-1-3-14-13-4-2-11(21-12-5-6-20-9-12)8-15(13)17(19)22-16(14)7-10/h1-4,7-8,12,18H,5-6,9H2/t12-/m0/s1. The van der Waals surface area contributed by atoms with Crippen LogP contribution in [0, 0.1) is 0 Å². The van der Waals surface area contributed by atoms with E-state index in [0.29, 0.717) is 29.9 Å². The van der Waals surface area contributed by atoms with Crippen LogP contribution < -0.4 is 10.4 Å². The molecule has 0 bridgehead atoms. The van der Waals surface area contributed by atoms with Gasteiger partial charge in [-0.05, 0) is 30.3 Å². The summed E-state index contributed by atoms with van der Waals surface area (Å²) in [6.07, 6.45) is 0.880. The van der Waals surface area contributed by atoms with Crippen LogP contribution in [0.25, 0.3) is 21.7 Å². The Morgan fingerprint density at radius 3 is 2.77 bits per heavy atom. The van der Waals surface area contributed by atoms with Crippen molar-refractivity contribution >= 4 is 21.7 Å². The van der Waals surface area contributed by atoms with Crippen LogP contribution in [0.5, 0.6) is 11.5 Å². The summed E-state index contributed by atoms with van der Waals surface area (Å²) in [4.78, 5) is 12.2. The molecule has 2 heterocycles. The molecule has 0 radical (unpaired) electrons. The summed E-state index contributed by atoms with van der Waals surface area (Å²) in [5, 5.41) is 11.5. The molecule has 0 unspecified atom stereocenters. The van der Waals surface area contributed by atoms with Gasteiger partial charge in [-0.15, -0.1) is 0 Å². The fourth-order valence-electron chi connectivity index (χ4n) is 2.77. The number of benzene rings is 2. The van der Waals surface area contributed by atoms with Crippen LogP contribution in [-0.2, 0) is 4.74 Å². The number of hydrogen-bond donors (Lipinski definition) is 1. The van der Waals surface area contributed by atoms with Crippen molar-refractivity contribution in [1.82, 2.24) is 0 Å². The Balaban J connectivity index is 1.85. The first-order valence-corrected chi connectivity index (χ1v) is 7.15. The molecule has 112 valence electrons. The highest BCUT2D eigenvalue weighted by atomic mass is 16.5. The second-order valence-electron chi connectivity index (χ2n) is 5.38. The molecule has 1 atom stereocenters. The Morgan fingerprint density at radius 1 is 1.09 bits per heavy atom. The Morgan fingerprint density at radius 2 is 1.95 bits per heavy atom. The van der Waals surface area contributed by atoms with Crippen molar-refractivity contribution in [3.05, 3.63) is 46.8 Å². The van der Waals surface area contributed by atoms with E-state index >= 15 is 0 Å². The molecule has 1 aliphatic heterocycles. The Labute approximate surface area is 125 Å². The Bertz CT molecular complexity index is 906. The molecule has 1 N–H and O–H groups in total. The number of aromatic hydroxyl groups is 1.